The largest absolute Gasteiger partial charge is 0.478 e. The van der Waals surface area contributed by atoms with Gasteiger partial charge in [-0.1, -0.05) is 25.4 Å². The van der Waals surface area contributed by atoms with E-state index < -0.39 is 5.97 Å². The molecular weight excluding hydrogens is 272 g/mol. The van der Waals surface area contributed by atoms with Crippen LogP contribution in [0.25, 0.3) is 0 Å². The summed E-state index contributed by atoms with van der Waals surface area (Å²) in [5.41, 5.74) is 0.212. The van der Waals surface area contributed by atoms with Crippen LogP contribution in [0, 0.1) is 0 Å². The first kappa shape index (κ1) is 15.3. The minimum absolute atomic E-state index is 0.212. The van der Waals surface area contributed by atoms with Crippen LogP contribution in [0.3, 0.4) is 0 Å². The zero-order chi connectivity index (χ0) is 13.5. The molecule has 1 aromatic heterocycles. The fraction of sp³-hybridized carbons (Fsp3) is 0.500. The Bertz CT molecular complexity index is 411. The number of hydrogen-bond donors (Lipinski definition) is 1. The number of thioether (sulfide) groups is 1. The highest BCUT2D eigenvalue weighted by molar-refractivity contribution is 7.99. The Kier molecular flexibility index (Phi) is 6.46. The molecule has 1 N–H and O–H groups in total. The third-order valence-electron chi connectivity index (χ3n) is 2.60. The molecule has 0 aliphatic rings. The lowest BCUT2D eigenvalue weighted by atomic mass is 10.3. The van der Waals surface area contributed by atoms with Crippen LogP contribution in [0.2, 0.25) is 5.15 Å². The Morgan fingerprint density at radius 3 is 2.67 bits per heavy atom. The first-order chi connectivity index (χ1) is 8.58. The van der Waals surface area contributed by atoms with E-state index >= 15 is 0 Å². The van der Waals surface area contributed by atoms with Gasteiger partial charge in [-0.15, -0.1) is 11.8 Å². The molecule has 0 amide bonds. The summed E-state index contributed by atoms with van der Waals surface area (Å²) in [5.74, 6) is -0.167. The van der Waals surface area contributed by atoms with Gasteiger partial charge in [0.1, 0.15) is 10.2 Å². The van der Waals surface area contributed by atoms with Gasteiger partial charge >= 0.3 is 5.97 Å². The molecule has 18 heavy (non-hydrogen) atoms. The molecule has 0 radical (unpaired) electrons. The average molecular weight is 289 g/mol. The lowest BCUT2D eigenvalue weighted by molar-refractivity contribution is 0.0692. The lowest BCUT2D eigenvalue weighted by Gasteiger charge is -2.17. The zero-order valence-corrected chi connectivity index (χ0v) is 12.1. The molecule has 0 saturated heterocycles. The van der Waals surface area contributed by atoms with E-state index in [1.807, 2.05) is 0 Å². The number of rotatable bonds is 7. The molecule has 0 unspecified atom stereocenters. The number of hydrogen-bond acceptors (Lipinski definition) is 4. The van der Waals surface area contributed by atoms with E-state index in [-0.39, 0.29) is 5.56 Å². The maximum Gasteiger partial charge on any atom is 0.338 e. The van der Waals surface area contributed by atoms with Crippen LogP contribution in [0.5, 0.6) is 0 Å². The third-order valence-corrected chi connectivity index (χ3v) is 3.78. The third kappa shape index (κ3) is 4.48. The Hall–Kier alpha value is -0.780. The van der Waals surface area contributed by atoms with E-state index in [9.17, 15) is 4.79 Å². The maximum atomic E-state index is 11.0. The molecule has 0 aliphatic carbocycles. The smallest absolute Gasteiger partial charge is 0.338 e. The maximum absolute atomic E-state index is 11.0. The van der Waals surface area contributed by atoms with Gasteiger partial charge in [0.15, 0.2) is 0 Å². The van der Waals surface area contributed by atoms with E-state index in [4.69, 9.17) is 16.7 Å². The van der Waals surface area contributed by atoms with E-state index in [1.165, 1.54) is 23.9 Å². The first-order valence-electron chi connectivity index (χ1n) is 5.83. The average Bonchev–Trinajstić information content (AvgIpc) is 2.34. The topological polar surface area (TPSA) is 53.4 Å². The van der Waals surface area contributed by atoms with Crippen molar-refractivity contribution in [1.82, 2.24) is 9.88 Å². The number of carboxylic acids is 1. The number of aromatic carboxylic acids is 1. The molecule has 0 atom stereocenters. The zero-order valence-electron chi connectivity index (χ0n) is 10.5. The molecule has 0 aliphatic heterocycles. The number of pyridine rings is 1. The summed E-state index contributed by atoms with van der Waals surface area (Å²) in [6.07, 6.45) is 0. The second-order valence-electron chi connectivity index (χ2n) is 3.67. The summed E-state index contributed by atoms with van der Waals surface area (Å²) in [5, 5.41) is 9.86. The number of carboxylic acid groups (broad SMARTS) is 1. The van der Waals surface area contributed by atoms with Crippen LogP contribution >= 0.6 is 23.4 Å². The molecule has 0 saturated carbocycles. The van der Waals surface area contributed by atoms with Gasteiger partial charge in [0.05, 0.1) is 5.56 Å². The van der Waals surface area contributed by atoms with Crippen molar-refractivity contribution in [3.63, 3.8) is 0 Å². The second kappa shape index (κ2) is 7.61. The van der Waals surface area contributed by atoms with Crippen molar-refractivity contribution in [2.45, 2.75) is 18.9 Å². The van der Waals surface area contributed by atoms with Crippen molar-refractivity contribution < 1.29 is 9.90 Å². The minimum atomic E-state index is -0.968. The summed E-state index contributed by atoms with van der Waals surface area (Å²) in [4.78, 5) is 17.4. The van der Waals surface area contributed by atoms with Gasteiger partial charge in [-0.2, -0.15) is 0 Å². The standard InChI is InChI=1S/C12H17ClN2O2S/c1-3-15(4-2)7-8-18-11-9(12(16)17)5-6-10(13)14-11/h5-6H,3-4,7-8H2,1-2H3,(H,16,17). The predicted octanol–water partition coefficient (Wildman–Crippen LogP) is 2.87. The highest BCUT2D eigenvalue weighted by Gasteiger charge is 2.12. The van der Waals surface area contributed by atoms with Crippen LogP contribution in [-0.4, -0.2) is 46.3 Å². The van der Waals surface area contributed by atoms with Crippen molar-refractivity contribution in [3.05, 3.63) is 22.8 Å². The van der Waals surface area contributed by atoms with Crippen molar-refractivity contribution in [2.24, 2.45) is 0 Å². The van der Waals surface area contributed by atoms with Gasteiger partial charge in [-0.25, -0.2) is 9.78 Å². The summed E-state index contributed by atoms with van der Waals surface area (Å²) < 4.78 is 0. The fourth-order valence-corrected chi connectivity index (χ4v) is 2.72. The monoisotopic (exact) mass is 288 g/mol. The van der Waals surface area contributed by atoms with Gasteiger partial charge in [0.25, 0.3) is 0 Å². The summed E-state index contributed by atoms with van der Waals surface area (Å²) in [7, 11) is 0. The van der Waals surface area contributed by atoms with E-state index in [0.717, 1.165) is 25.4 Å². The number of halogens is 1. The van der Waals surface area contributed by atoms with Crippen LogP contribution < -0.4 is 0 Å². The summed E-state index contributed by atoms with van der Waals surface area (Å²) >= 11 is 7.22. The Balaban J connectivity index is 2.66. The van der Waals surface area contributed by atoms with Crippen molar-refractivity contribution in [2.75, 3.05) is 25.4 Å². The molecule has 100 valence electrons. The van der Waals surface area contributed by atoms with Crippen molar-refractivity contribution in [3.8, 4) is 0 Å². The molecule has 6 heteroatoms. The first-order valence-corrected chi connectivity index (χ1v) is 7.19. The predicted molar refractivity (Wildman–Crippen MR) is 74.7 cm³/mol. The van der Waals surface area contributed by atoms with E-state index in [1.54, 1.807) is 0 Å². The second-order valence-corrected chi connectivity index (χ2v) is 5.14. The molecular formula is C12H17ClN2O2S. The quantitative estimate of drug-likeness (QED) is 0.618. The van der Waals surface area contributed by atoms with E-state index in [2.05, 4.69) is 23.7 Å². The van der Waals surface area contributed by atoms with Crippen molar-refractivity contribution >= 4 is 29.3 Å². The Morgan fingerprint density at radius 2 is 2.11 bits per heavy atom. The number of nitrogens with zero attached hydrogens (tertiary/aromatic N) is 2. The van der Waals surface area contributed by atoms with Crippen molar-refractivity contribution in [1.29, 1.82) is 0 Å². The molecule has 1 heterocycles. The molecule has 1 rings (SSSR count). The lowest BCUT2D eigenvalue weighted by Crippen LogP contribution is -2.25. The van der Waals surface area contributed by atoms with Gasteiger partial charge in [0.2, 0.25) is 0 Å². The van der Waals surface area contributed by atoms with Gasteiger partial charge < -0.3 is 10.0 Å². The number of aromatic nitrogens is 1. The summed E-state index contributed by atoms with van der Waals surface area (Å²) in [6.45, 7) is 7.10. The van der Waals surface area contributed by atoms with E-state index in [0.29, 0.717) is 10.2 Å². The molecule has 4 nitrogen and oxygen atoms in total. The highest BCUT2D eigenvalue weighted by Crippen LogP contribution is 2.22. The van der Waals surface area contributed by atoms with Crippen LogP contribution in [0.1, 0.15) is 24.2 Å². The summed E-state index contributed by atoms with van der Waals surface area (Å²) in [6, 6.07) is 3.00. The normalized spacial score (nSPS) is 10.9. The van der Waals surface area contributed by atoms with Gasteiger partial charge in [0, 0.05) is 12.3 Å². The molecule has 0 bridgehead atoms. The highest BCUT2D eigenvalue weighted by atomic mass is 35.5. The number of carbonyl (C=O) groups is 1. The van der Waals surface area contributed by atoms with Crippen LogP contribution in [0.15, 0.2) is 17.2 Å². The Morgan fingerprint density at radius 1 is 1.44 bits per heavy atom. The minimum Gasteiger partial charge on any atom is -0.478 e. The Labute approximate surface area is 116 Å². The van der Waals surface area contributed by atoms with Gasteiger partial charge in [-0.05, 0) is 25.2 Å². The molecule has 0 fully saturated rings. The molecule has 0 spiro atoms. The molecule has 1 aromatic rings. The van der Waals surface area contributed by atoms with Crippen LogP contribution in [-0.2, 0) is 0 Å². The molecule has 0 aromatic carbocycles. The SMILES string of the molecule is CCN(CC)CCSc1nc(Cl)ccc1C(=O)O. The fourth-order valence-electron chi connectivity index (χ4n) is 1.50. The van der Waals surface area contributed by atoms with Gasteiger partial charge in [-0.3, -0.25) is 0 Å². The van der Waals surface area contributed by atoms with Crippen LogP contribution in [0.4, 0.5) is 0 Å².